The molecular weight excluding hydrogens is 190 g/mol. The average Bonchev–Trinajstić information content (AvgIpc) is 2.02. The number of imide groups is 4. The molecule has 0 atom stereocenters. The number of nitrogens with zero attached hydrogens (tertiary/aromatic N) is 1. The Morgan fingerprint density at radius 3 is 2.07 bits per heavy atom. The molecule has 0 bridgehead atoms. The summed E-state index contributed by atoms with van der Waals surface area (Å²) in [6.45, 7) is 1.92. The minimum absolute atomic E-state index is 0.324. The van der Waals surface area contributed by atoms with Gasteiger partial charge in [-0.1, -0.05) is 4.48 Å². The molecule has 0 saturated carbocycles. The van der Waals surface area contributed by atoms with E-state index >= 15 is 0 Å². The maximum atomic E-state index is 11.4. The number of amides is 6. The maximum Gasteiger partial charge on any atom is 0.441 e. The fourth-order valence-corrected chi connectivity index (χ4v) is 1.23. The molecule has 1 aliphatic heterocycles. The fourth-order valence-electron chi connectivity index (χ4n) is 1.23. The molecule has 1 rings (SSSR count). The molecular formula is C7H10N3O4+. The standard InChI is InChI=1S/C7H9N3O4/c1-4(11)10(5(2)12)3-8-6(13)9-7(10)14/h3H2,1-2H3,(H-,8,9,13,14)/p+1. The highest BCUT2D eigenvalue weighted by Gasteiger charge is 2.51. The molecule has 1 saturated heterocycles. The van der Waals surface area contributed by atoms with Crippen molar-refractivity contribution in [2.75, 3.05) is 6.67 Å². The largest absolute Gasteiger partial charge is 0.441 e. The maximum absolute atomic E-state index is 11.4. The van der Waals surface area contributed by atoms with E-state index in [1.54, 1.807) is 0 Å². The van der Waals surface area contributed by atoms with Crippen molar-refractivity contribution in [2.24, 2.45) is 0 Å². The van der Waals surface area contributed by atoms with Gasteiger partial charge < -0.3 is 0 Å². The lowest BCUT2D eigenvalue weighted by Gasteiger charge is -2.31. The van der Waals surface area contributed by atoms with E-state index in [4.69, 9.17) is 0 Å². The number of carbonyl (C=O) groups is 4. The quantitative estimate of drug-likeness (QED) is 0.505. The van der Waals surface area contributed by atoms with Crippen molar-refractivity contribution in [3.05, 3.63) is 0 Å². The monoisotopic (exact) mass is 200 g/mol. The Hall–Kier alpha value is -1.76. The second-order valence-corrected chi connectivity index (χ2v) is 2.94. The number of carbonyl (C=O) groups excluding carboxylic acids is 4. The van der Waals surface area contributed by atoms with Crippen molar-refractivity contribution in [3.63, 3.8) is 0 Å². The Kier molecular flexibility index (Phi) is 2.35. The summed E-state index contributed by atoms with van der Waals surface area (Å²) in [5.41, 5.74) is 0. The van der Waals surface area contributed by atoms with E-state index in [0.717, 1.165) is 13.8 Å². The van der Waals surface area contributed by atoms with Crippen LogP contribution in [0.4, 0.5) is 9.59 Å². The number of hydrogen-bond acceptors (Lipinski definition) is 4. The van der Waals surface area contributed by atoms with E-state index in [1.165, 1.54) is 0 Å². The summed E-state index contributed by atoms with van der Waals surface area (Å²) >= 11 is 0. The number of urea groups is 2. The second kappa shape index (κ2) is 3.18. The molecule has 0 spiro atoms. The number of nitrogens with one attached hydrogen (secondary N) is 2. The highest BCUT2D eigenvalue weighted by Crippen LogP contribution is 2.11. The van der Waals surface area contributed by atoms with Crippen molar-refractivity contribution >= 4 is 23.9 Å². The van der Waals surface area contributed by atoms with E-state index in [1.807, 2.05) is 5.32 Å². The summed E-state index contributed by atoms with van der Waals surface area (Å²) in [5, 5.41) is 4.10. The van der Waals surface area contributed by atoms with Crippen LogP contribution in [0.1, 0.15) is 13.8 Å². The molecule has 0 aromatic rings. The number of hydrogen-bond donors (Lipinski definition) is 2. The van der Waals surface area contributed by atoms with Gasteiger partial charge in [-0.2, -0.15) is 0 Å². The van der Waals surface area contributed by atoms with Gasteiger partial charge in [-0.3, -0.25) is 5.32 Å². The van der Waals surface area contributed by atoms with Crippen LogP contribution in [0.25, 0.3) is 0 Å². The van der Waals surface area contributed by atoms with Crippen LogP contribution >= 0.6 is 0 Å². The van der Waals surface area contributed by atoms with Gasteiger partial charge in [0.25, 0.3) is 0 Å². The highest BCUT2D eigenvalue weighted by atomic mass is 16.2. The first-order valence-corrected chi connectivity index (χ1v) is 3.91. The van der Waals surface area contributed by atoms with E-state index < -0.39 is 28.4 Å². The first-order chi connectivity index (χ1) is 6.41. The zero-order valence-corrected chi connectivity index (χ0v) is 7.79. The Labute approximate surface area is 79.6 Å². The Morgan fingerprint density at radius 2 is 1.71 bits per heavy atom. The normalized spacial score (nSPS) is 19.6. The van der Waals surface area contributed by atoms with Crippen molar-refractivity contribution in [1.29, 1.82) is 0 Å². The van der Waals surface area contributed by atoms with Crippen LogP contribution in [0.15, 0.2) is 0 Å². The Bertz CT molecular complexity index is 322. The van der Waals surface area contributed by atoms with Crippen molar-refractivity contribution in [2.45, 2.75) is 13.8 Å². The molecule has 7 heteroatoms. The summed E-state index contributed by atoms with van der Waals surface area (Å²) in [5.74, 6) is -1.26. The molecule has 0 aromatic carbocycles. The smallest absolute Gasteiger partial charge is 0.289 e. The first-order valence-electron chi connectivity index (χ1n) is 3.91. The van der Waals surface area contributed by atoms with Crippen LogP contribution < -0.4 is 10.6 Å². The summed E-state index contributed by atoms with van der Waals surface area (Å²) in [6.07, 6.45) is 0. The minimum atomic E-state index is -1.02. The molecule has 76 valence electrons. The average molecular weight is 200 g/mol. The Morgan fingerprint density at radius 1 is 1.21 bits per heavy atom. The number of rotatable bonds is 0. The van der Waals surface area contributed by atoms with Gasteiger partial charge in [0.1, 0.15) is 0 Å². The molecule has 7 nitrogen and oxygen atoms in total. The zero-order valence-electron chi connectivity index (χ0n) is 7.79. The third kappa shape index (κ3) is 1.27. The zero-order chi connectivity index (χ0) is 10.9. The third-order valence-electron chi connectivity index (χ3n) is 2.12. The molecule has 6 amide bonds. The van der Waals surface area contributed by atoms with Crippen LogP contribution in [-0.2, 0) is 9.59 Å². The van der Waals surface area contributed by atoms with Crippen molar-refractivity contribution in [1.82, 2.24) is 10.6 Å². The van der Waals surface area contributed by atoms with Gasteiger partial charge in [0.2, 0.25) is 0 Å². The lowest BCUT2D eigenvalue weighted by atomic mass is 10.3. The molecule has 2 N–H and O–H groups in total. The number of quaternary nitrogens is 1. The summed E-state index contributed by atoms with van der Waals surface area (Å²) in [7, 11) is 0. The molecule has 0 unspecified atom stereocenters. The molecule has 1 fully saturated rings. The van der Waals surface area contributed by atoms with Gasteiger partial charge in [0.05, 0.1) is 13.8 Å². The third-order valence-corrected chi connectivity index (χ3v) is 2.12. The minimum Gasteiger partial charge on any atom is -0.289 e. The predicted molar refractivity (Wildman–Crippen MR) is 43.6 cm³/mol. The van der Waals surface area contributed by atoms with Crippen molar-refractivity contribution in [3.8, 4) is 0 Å². The highest BCUT2D eigenvalue weighted by molar-refractivity contribution is 6.03. The topological polar surface area (TPSA) is 92.3 Å². The molecule has 1 aliphatic rings. The van der Waals surface area contributed by atoms with Crippen LogP contribution in [0, 0.1) is 0 Å². The molecule has 14 heavy (non-hydrogen) atoms. The molecule has 0 aromatic heterocycles. The van der Waals surface area contributed by atoms with Gasteiger partial charge in [0, 0.05) is 0 Å². The van der Waals surface area contributed by atoms with Gasteiger partial charge in [-0.15, -0.1) is 0 Å². The van der Waals surface area contributed by atoms with E-state index in [2.05, 4.69) is 5.32 Å². The predicted octanol–water partition coefficient (Wildman–Crippen LogP) is -0.713. The van der Waals surface area contributed by atoms with Crippen LogP contribution in [0.3, 0.4) is 0 Å². The molecule has 1 heterocycles. The fraction of sp³-hybridized carbons (Fsp3) is 0.429. The SMILES string of the molecule is CC(=O)[N+]1(C(C)=O)CNC(=O)NC1=O. The summed E-state index contributed by atoms with van der Waals surface area (Å²) in [6, 6.07) is -1.61. The van der Waals surface area contributed by atoms with Crippen LogP contribution in [-0.4, -0.2) is 35.0 Å². The molecule has 0 aliphatic carbocycles. The summed E-state index contributed by atoms with van der Waals surface area (Å²) < 4.78 is -1.02. The summed E-state index contributed by atoms with van der Waals surface area (Å²) in [4.78, 5) is 44.5. The van der Waals surface area contributed by atoms with Crippen molar-refractivity contribution < 1.29 is 23.7 Å². The Balaban J connectivity index is 3.11. The second-order valence-electron chi connectivity index (χ2n) is 2.94. The first kappa shape index (κ1) is 10.3. The van der Waals surface area contributed by atoms with E-state index in [9.17, 15) is 19.2 Å². The lowest BCUT2D eigenvalue weighted by molar-refractivity contribution is -0.699. The molecule has 0 radical (unpaired) electrons. The van der Waals surface area contributed by atoms with E-state index in [0.29, 0.717) is 0 Å². The lowest BCUT2D eigenvalue weighted by Crippen LogP contribution is -2.72. The van der Waals surface area contributed by atoms with Crippen LogP contribution in [0.2, 0.25) is 0 Å². The van der Waals surface area contributed by atoms with Gasteiger partial charge >= 0.3 is 23.9 Å². The van der Waals surface area contributed by atoms with E-state index in [-0.39, 0.29) is 6.67 Å². The van der Waals surface area contributed by atoms with Gasteiger partial charge in [0.15, 0.2) is 6.67 Å². The van der Waals surface area contributed by atoms with Crippen LogP contribution in [0.5, 0.6) is 0 Å². The van der Waals surface area contributed by atoms with Gasteiger partial charge in [-0.25, -0.2) is 24.5 Å². The van der Waals surface area contributed by atoms with Gasteiger partial charge in [-0.05, 0) is 0 Å².